The normalized spacial score (nSPS) is 22.0. The van der Waals surface area contributed by atoms with E-state index in [9.17, 15) is 9.59 Å². The molecule has 5 heteroatoms. The zero-order valence-corrected chi connectivity index (χ0v) is 14.5. The van der Waals surface area contributed by atoms with Gasteiger partial charge in [0.15, 0.2) is 0 Å². The Kier molecular flexibility index (Phi) is 5.16. The third-order valence-electron chi connectivity index (χ3n) is 4.00. The van der Waals surface area contributed by atoms with Crippen molar-refractivity contribution in [2.45, 2.75) is 45.8 Å². The largest absolute Gasteiger partial charge is 0.352 e. The number of thioether (sulfide) groups is 1. The Bertz CT molecular complexity index is 574. The number of benzene rings is 1. The minimum Gasteiger partial charge on any atom is -0.352 e. The maximum absolute atomic E-state index is 12.6. The summed E-state index contributed by atoms with van der Waals surface area (Å²) >= 11 is 1.53. The first-order valence-electron chi connectivity index (χ1n) is 7.58. The molecule has 0 aromatic heterocycles. The molecule has 0 spiro atoms. The van der Waals surface area contributed by atoms with Crippen molar-refractivity contribution < 1.29 is 9.59 Å². The Morgan fingerprint density at radius 2 is 2.09 bits per heavy atom. The van der Waals surface area contributed by atoms with Crippen LogP contribution in [-0.2, 0) is 16.1 Å². The van der Waals surface area contributed by atoms with Crippen molar-refractivity contribution in [3.8, 4) is 0 Å². The average molecular weight is 320 g/mol. The number of carbonyl (C=O) groups is 2. The number of rotatable bonds is 4. The summed E-state index contributed by atoms with van der Waals surface area (Å²) in [6.07, 6.45) is 0. The molecule has 1 aliphatic heterocycles. The Morgan fingerprint density at radius 1 is 1.41 bits per heavy atom. The summed E-state index contributed by atoms with van der Waals surface area (Å²) in [4.78, 5) is 26.8. The van der Waals surface area contributed by atoms with Crippen molar-refractivity contribution in [3.63, 3.8) is 0 Å². The molecule has 1 unspecified atom stereocenters. The number of carbonyl (C=O) groups excluding carboxylic acids is 2. The van der Waals surface area contributed by atoms with Gasteiger partial charge in [-0.15, -0.1) is 11.8 Å². The lowest BCUT2D eigenvalue weighted by molar-refractivity contribution is -0.145. The Morgan fingerprint density at radius 3 is 2.73 bits per heavy atom. The van der Waals surface area contributed by atoms with Crippen LogP contribution < -0.4 is 5.32 Å². The second kappa shape index (κ2) is 6.73. The van der Waals surface area contributed by atoms with Gasteiger partial charge < -0.3 is 10.2 Å². The third kappa shape index (κ3) is 3.46. The van der Waals surface area contributed by atoms with E-state index in [1.807, 2.05) is 52.0 Å². The van der Waals surface area contributed by atoms with Crippen molar-refractivity contribution in [2.75, 3.05) is 11.5 Å². The van der Waals surface area contributed by atoms with Gasteiger partial charge in [-0.1, -0.05) is 24.3 Å². The Hall–Kier alpha value is -1.49. The molecule has 22 heavy (non-hydrogen) atoms. The van der Waals surface area contributed by atoms with Crippen molar-refractivity contribution in [1.29, 1.82) is 0 Å². The number of hydrogen-bond donors (Lipinski definition) is 1. The van der Waals surface area contributed by atoms with Gasteiger partial charge in [0.1, 0.15) is 5.54 Å². The molecule has 1 saturated heterocycles. The van der Waals surface area contributed by atoms with Crippen LogP contribution in [0.25, 0.3) is 0 Å². The molecule has 1 fully saturated rings. The second-order valence-electron chi connectivity index (χ2n) is 6.30. The first kappa shape index (κ1) is 16.9. The maximum Gasteiger partial charge on any atom is 0.246 e. The van der Waals surface area contributed by atoms with Gasteiger partial charge in [-0.25, -0.2) is 0 Å². The van der Waals surface area contributed by atoms with Gasteiger partial charge in [-0.2, -0.15) is 0 Å². The molecule has 120 valence electrons. The van der Waals surface area contributed by atoms with Crippen molar-refractivity contribution >= 4 is 23.6 Å². The fourth-order valence-corrected chi connectivity index (χ4v) is 3.71. The number of nitrogens with zero attached hydrogens (tertiary/aromatic N) is 1. The van der Waals surface area contributed by atoms with E-state index < -0.39 is 5.54 Å². The highest BCUT2D eigenvalue weighted by Crippen LogP contribution is 2.30. The van der Waals surface area contributed by atoms with Crippen LogP contribution in [0.3, 0.4) is 0 Å². The highest BCUT2D eigenvalue weighted by Gasteiger charge is 2.45. The zero-order chi connectivity index (χ0) is 16.3. The summed E-state index contributed by atoms with van der Waals surface area (Å²) in [5.41, 5.74) is 1.43. The molecule has 4 nitrogen and oxygen atoms in total. The van der Waals surface area contributed by atoms with Crippen LogP contribution in [0, 0.1) is 6.92 Å². The summed E-state index contributed by atoms with van der Waals surface area (Å²) in [5, 5.41) is 2.96. The van der Waals surface area contributed by atoms with Crippen LogP contribution in [0.4, 0.5) is 0 Å². The first-order chi connectivity index (χ1) is 10.3. The summed E-state index contributed by atoms with van der Waals surface area (Å²) in [6, 6.07) is 8.07. The van der Waals surface area contributed by atoms with Crippen LogP contribution in [0.1, 0.15) is 31.9 Å². The van der Waals surface area contributed by atoms with Crippen molar-refractivity contribution in [2.24, 2.45) is 0 Å². The third-order valence-corrected chi connectivity index (χ3v) is 5.22. The van der Waals surface area contributed by atoms with E-state index in [1.165, 1.54) is 11.8 Å². The highest BCUT2D eigenvalue weighted by molar-refractivity contribution is 8.00. The van der Waals surface area contributed by atoms with Gasteiger partial charge in [0.05, 0.1) is 5.75 Å². The minimum atomic E-state index is -0.799. The molecule has 2 amide bonds. The van der Waals surface area contributed by atoms with Crippen LogP contribution in [0.15, 0.2) is 24.3 Å². The van der Waals surface area contributed by atoms with Crippen molar-refractivity contribution in [1.82, 2.24) is 10.2 Å². The predicted octanol–water partition coefficient (Wildman–Crippen LogP) is 2.35. The van der Waals surface area contributed by atoms with E-state index in [2.05, 4.69) is 5.32 Å². The summed E-state index contributed by atoms with van der Waals surface area (Å²) < 4.78 is 0. The summed E-state index contributed by atoms with van der Waals surface area (Å²) in [5.74, 6) is 1.03. The molecule has 1 heterocycles. The van der Waals surface area contributed by atoms with E-state index in [4.69, 9.17) is 0 Å². The molecule has 1 aromatic carbocycles. The van der Waals surface area contributed by atoms with Crippen LogP contribution in [0.2, 0.25) is 0 Å². The SMILES string of the molecule is Cc1ccccc1CN1C(=O)CSCC1(C)C(=O)NC(C)C. The van der Waals surface area contributed by atoms with Crippen LogP contribution in [0.5, 0.6) is 0 Å². The molecule has 0 aliphatic carbocycles. The molecule has 0 radical (unpaired) electrons. The van der Waals surface area contributed by atoms with Gasteiger partial charge in [0, 0.05) is 18.3 Å². The standard InChI is InChI=1S/C17H24N2O2S/c1-12(2)18-16(21)17(4)11-22-10-15(20)19(17)9-14-8-6-5-7-13(14)3/h5-8,12H,9-11H2,1-4H3,(H,18,21). The van der Waals surface area contributed by atoms with Gasteiger partial charge in [0.2, 0.25) is 11.8 Å². The molecule has 2 rings (SSSR count). The van der Waals surface area contributed by atoms with Gasteiger partial charge in [0.25, 0.3) is 0 Å². The monoisotopic (exact) mass is 320 g/mol. The lowest BCUT2D eigenvalue weighted by Gasteiger charge is -2.43. The minimum absolute atomic E-state index is 0.0286. The highest BCUT2D eigenvalue weighted by atomic mass is 32.2. The van der Waals surface area contributed by atoms with E-state index in [0.717, 1.165) is 11.1 Å². The fourth-order valence-electron chi connectivity index (χ4n) is 2.59. The Balaban J connectivity index is 2.29. The van der Waals surface area contributed by atoms with Crippen molar-refractivity contribution in [3.05, 3.63) is 35.4 Å². The summed E-state index contributed by atoms with van der Waals surface area (Å²) in [7, 11) is 0. The first-order valence-corrected chi connectivity index (χ1v) is 8.74. The molecular weight excluding hydrogens is 296 g/mol. The van der Waals surface area contributed by atoms with Crippen LogP contribution in [-0.4, -0.2) is 39.8 Å². The number of aryl methyl sites for hydroxylation is 1. The smallest absolute Gasteiger partial charge is 0.246 e. The molecule has 0 saturated carbocycles. The average Bonchev–Trinajstić information content (AvgIpc) is 2.44. The van der Waals surface area contributed by atoms with Gasteiger partial charge >= 0.3 is 0 Å². The number of hydrogen-bond acceptors (Lipinski definition) is 3. The second-order valence-corrected chi connectivity index (χ2v) is 7.29. The molecular formula is C17H24N2O2S. The maximum atomic E-state index is 12.6. The molecule has 1 atom stereocenters. The molecule has 1 aromatic rings. The van der Waals surface area contributed by atoms with Gasteiger partial charge in [-0.3, -0.25) is 9.59 Å². The topological polar surface area (TPSA) is 49.4 Å². The summed E-state index contributed by atoms with van der Waals surface area (Å²) in [6.45, 7) is 8.25. The van der Waals surface area contributed by atoms with E-state index in [1.54, 1.807) is 4.90 Å². The predicted molar refractivity (Wildman–Crippen MR) is 90.7 cm³/mol. The Labute approximate surface area is 136 Å². The lowest BCUT2D eigenvalue weighted by atomic mass is 9.98. The molecule has 0 bridgehead atoms. The lowest BCUT2D eigenvalue weighted by Crippen LogP contribution is -2.63. The van der Waals surface area contributed by atoms with E-state index >= 15 is 0 Å². The molecule has 1 N–H and O–H groups in total. The van der Waals surface area contributed by atoms with Crippen LogP contribution >= 0.6 is 11.8 Å². The molecule has 1 aliphatic rings. The van der Waals surface area contributed by atoms with E-state index in [0.29, 0.717) is 18.1 Å². The number of amides is 2. The quantitative estimate of drug-likeness (QED) is 0.926. The fraction of sp³-hybridized carbons (Fsp3) is 0.529. The van der Waals surface area contributed by atoms with Gasteiger partial charge in [-0.05, 0) is 38.8 Å². The number of nitrogens with one attached hydrogen (secondary N) is 1. The zero-order valence-electron chi connectivity index (χ0n) is 13.7. The van der Waals surface area contributed by atoms with E-state index in [-0.39, 0.29) is 17.9 Å².